The zero-order valence-corrected chi connectivity index (χ0v) is 23.1. The molecule has 0 saturated heterocycles. The van der Waals surface area contributed by atoms with Gasteiger partial charge in [0, 0.05) is 19.0 Å². The van der Waals surface area contributed by atoms with E-state index in [0.29, 0.717) is 5.56 Å². The molecule has 210 valence electrons. The molecule has 1 fully saturated rings. The highest BCUT2D eigenvalue weighted by Crippen LogP contribution is 2.35. The molecular weight excluding hydrogens is 498 g/mol. The lowest BCUT2D eigenvalue weighted by atomic mass is 10.00. The Bertz CT molecular complexity index is 1110. The fourth-order valence-corrected chi connectivity index (χ4v) is 4.24. The van der Waals surface area contributed by atoms with E-state index in [1.807, 2.05) is 48.5 Å². The number of hydrogen-bond acceptors (Lipinski definition) is 6. The standard InChI is InChI=1S/C30H39N3O6/c1-5-38-25(34)18-19-31-27(35)26(22-14-10-7-11-15-22)33(23-16-17-23)28(36)24(20-21-12-8-6-9-13-21)32-29(37)39-30(2,3)4/h6-15,23-24,26H,5,16-20H2,1-4H3,(H,31,35)(H,32,37). The van der Waals surface area contributed by atoms with Crippen molar-refractivity contribution in [2.24, 2.45) is 0 Å². The van der Waals surface area contributed by atoms with Crippen LogP contribution in [-0.2, 0) is 30.3 Å². The third-order valence-electron chi connectivity index (χ3n) is 6.04. The van der Waals surface area contributed by atoms with Gasteiger partial charge in [0.2, 0.25) is 11.8 Å². The van der Waals surface area contributed by atoms with E-state index in [9.17, 15) is 19.2 Å². The maximum absolute atomic E-state index is 14.2. The number of carbonyl (C=O) groups is 4. The van der Waals surface area contributed by atoms with Gasteiger partial charge in [0.05, 0.1) is 13.0 Å². The van der Waals surface area contributed by atoms with E-state index >= 15 is 0 Å². The zero-order valence-electron chi connectivity index (χ0n) is 23.1. The quantitative estimate of drug-likeness (QED) is 0.397. The van der Waals surface area contributed by atoms with Crippen LogP contribution in [0.3, 0.4) is 0 Å². The summed E-state index contributed by atoms with van der Waals surface area (Å²) in [5, 5.41) is 5.56. The number of esters is 1. The SMILES string of the molecule is CCOC(=O)CCNC(=O)C(c1ccccc1)N(C(=O)C(Cc1ccccc1)NC(=O)OC(C)(C)C)C1CC1. The Kier molecular flexibility index (Phi) is 10.5. The molecule has 3 amide bonds. The highest BCUT2D eigenvalue weighted by Gasteiger charge is 2.44. The van der Waals surface area contributed by atoms with Crippen LogP contribution in [0.1, 0.15) is 64.1 Å². The number of hydrogen-bond donors (Lipinski definition) is 2. The molecule has 39 heavy (non-hydrogen) atoms. The number of amides is 3. The van der Waals surface area contributed by atoms with Crippen LogP contribution >= 0.6 is 0 Å². The van der Waals surface area contributed by atoms with E-state index in [2.05, 4.69) is 10.6 Å². The van der Waals surface area contributed by atoms with Crippen LogP contribution in [0, 0.1) is 0 Å². The summed E-state index contributed by atoms with van der Waals surface area (Å²) in [6, 6.07) is 16.4. The number of nitrogens with zero attached hydrogens (tertiary/aromatic N) is 1. The van der Waals surface area contributed by atoms with Crippen molar-refractivity contribution >= 4 is 23.9 Å². The number of carbonyl (C=O) groups excluding carboxylic acids is 4. The van der Waals surface area contributed by atoms with Gasteiger partial charge in [-0.25, -0.2) is 4.79 Å². The highest BCUT2D eigenvalue weighted by molar-refractivity contribution is 5.93. The smallest absolute Gasteiger partial charge is 0.408 e. The number of benzene rings is 2. The van der Waals surface area contributed by atoms with Crippen LogP contribution in [0.15, 0.2) is 60.7 Å². The Balaban J connectivity index is 1.90. The first-order valence-electron chi connectivity index (χ1n) is 13.4. The van der Waals surface area contributed by atoms with Crippen molar-refractivity contribution in [2.45, 2.75) is 77.1 Å². The van der Waals surface area contributed by atoms with Gasteiger partial charge in [0.15, 0.2) is 0 Å². The van der Waals surface area contributed by atoms with E-state index in [1.165, 1.54) is 0 Å². The molecule has 0 aromatic heterocycles. The minimum atomic E-state index is -0.957. The number of nitrogens with one attached hydrogen (secondary N) is 2. The third-order valence-corrected chi connectivity index (χ3v) is 6.04. The molecule has 3 rings (SSSR count). The molecule has 0 spiro atoms. The van der Waals surface area contributed by atoms with Crippen molar-refractivity contribution in [1.82, 2.24) is 15.5 Å². The molecule has 1 aliphatic rings. The summed E-state index contributed by atoms with van der Waals surface area (Å²) in [5.74, 6) is -1.18. The molecule has 2 unspecified atom stereocenters. The average molecular weight is 538 g/mol. The maximum atomic E-state index is 14.2. The summed E-state index contributed by atoms with van der Waals surface area (Å²) in [5.41, 5.74) is 0.756. The molecule has 1 saturated carbocycles. The first-order valence-corrected chi connectivity index (χ1v) is 13.4. The van der Waals surface area contributed by atoms with Gasteiger partial charge in [-0.1, -0.05) is 60.7 Å². The largest absolute Gasteiger partial charge is 0.466 e. The second-order valence-corrected chi connectivity index (χ2v) is 10.5. The Labute approximate surface area is 230 Å². The molecule has 0 heterocycles. The summed E-state index contributed by atoms with van der Waals surface area (Å²) in [6.45, 7) is 7.32. The molecule has 9 heteroatoms. The summed E-state index contributed by atoms with van der Waals surface area (Å²) in [4.78, 5) is 54.0. The molecule has 2 aromatic rings. The summed E-state index contributed by atoms with van der Waals surface area (Å²) in [6.07, 6.45) is 1.04. The molecule has 1 aliphatic carbocycles. The Hall–Kier alpha value is -3.88. The van der Waals surface area contributed by atoms with Crippen molar-refractivity contribution < 1.29 is 28.7 Å². The van der Waals surface area contributed by atoms with Gasteiger partial charge in [-0.2, -0.15) is 0 Å². The Morgan fingerprint density at radius 3 is 2.15 bits per heavy atom. The summed E-state index contributed by atoms with van der Waals surface area (Å²) >= 11 is 0. The second kappa shape index (κ2) is 13.8. The van der Waals surface area contributed by atoms with Crippen LogP contribution in [0.2, 0.25) is 0 Å². The molecule has 0 bridgehead atoms. The van der Waals surface area contributed by atoms with Gasteiger partial charge >= 0.3 is 12.1 Å². The third kappa shape index (κ3) is 9.42. The fourth-order valence-electron chi connectivity index (χ4n) is 4.24. The maximum Gasteiger partial charge on any atom is 0.408 e. The van der Waals surface area contributed by atoms with E-state index in [-0.39, 0.29) is 37.9 Å². The van der Waals surface area contributed by atoms with Crippen LogP contribution in [0.5, 0.6) is 0 Å². The van der Waals surface area contributed by atoms with E-state index < -0.39 is 35.7 Å². The zero-order chi connectivity index (χ0) is 28.4. The predicted octanol–water partition coefficient (Wildman–Crippen LogP) is 3.92. The average Bonchev–Trinajstić information content (AvgIpc) is 3.72. The second-order valence-electron chi connectivity index (χ2n) is 10.5. The number of ether oxygens (including phenoxy) is 2. The number of rotatable bonds is 12. The molecule has 9 nitrogen and oxygen atoms in total. The van der Waals surface area contributed by atoms with Crippen molar-refractivity contribution in [1.29, 1.82) is 0 Å². The predicted molar refractivity (Wildman–Crippen MR) is 147 cm³/mol. The molecule has 2 N–H and O–H groups in total. The Morgan fingerprint density at radius 1 is 0.974 bits per heavy atom. The lowest BCUT2D eigenvalue weighted by Crippen LogP contribution is -2.54. The minimum Gasteiger partial charge on any atom is -0.466 e. The first kappa shape index (κ1) is 29.7. The molecule has 0 radical (unpaired) electrons. The summed E-state index contributed by atoms with van der Waals surface area (Å²) < 4.78 is 10.4. The highest BCUT2D eigenvalue weighted by atomic mass is 16.6. The van der Waals surface area contributed by atoms with Crippen molar-refractivity contribution in [2.75, 3.05) is 13.2 Å². The van der Waals surface area contributed by atoms with Crippen LogP contribution in [-0.4, -0.2) is 59.6 Å². The molecular formula is C30H39N3O6. The topological polar surface area (TPSA) is 114 Å². The van der Waals surface area contributed by atoms with E-state index in [4.69, 9.17) is 9.47 Å². The van der Waals surface area contributed by atoms with Gasteiger partial charge in [-0.3, -0.25) is 14.4 Å². The van der Waals surface area contributed by atoms with E-state index in [0.717, 1.165) is 18.4 Å². The van der Waals surface area contributed by atoms with Crippen LogP contribution in [0.4, 0.5) is 4.79 Å². The van der Waals surface area contributed by atoms with Gasteiger partial charge in [0.1, 0.15) is 17.7 Å². The lowest BCUT2D eigenvalue weighted by molar-refractivity contribution is -0.144. The Morgan fingerprint density at radius 2 is 1.59 bits per heavy atom. The molecule has 0 aliphatic heterocycles. The minimum absolute atomic E-state index is 0.0231. The number of alkyl carbamates (subject to hydrolysis) is 1. The monoisotopic (exact) mass is 537 g/mol. The van der Waals surface area contributed by atoms with Gasteiger partial charge < -0.3 is 25.0 Å². The fraction of sp³-hybridized carbons (Fsp3) is 0.467. The van der Waals surface area contributed by atoms with Crippen molar-refractivity contribution in [3.63, 3.8) is 0 Å². The van der Waals surface area contributed by atoms with E-state index in [1.54, 1.807) is 44.7 Å². The van der Waals surface area contributed by atoms with Crippen molar-refractivity contribution in [3.05, 3.63) is 71.8 Å². The van der Waals surface area contributed by atoms with Gasteiger partial charge in [-0.15, -0.1) is 0 Å². The van der Waals surface area contributed by atoms with Crippen LogP contribution < -0.4 is 10.6 Å². The molecule has 2 aromatic carbocycles. The summed E-state index contributed by atoms with van der Waals surface area (Å²) in [7, 11) is 0. The van der Waals surface area contributed by atoms with Gasteiger partial charge in [0.25, 0.3) is 0 Å². The van der Waals surface area contributed by atoms with Gasteiger partial charge in [-0.05, 0) is 51.7 Å². The van der Waals surface area contributed by atoms with Crippen LogP contribution in [0.25, 0.3) is 0 Å². The van der Waals surface area contributed by atoms with Crippen molar-refractivity contribution in [3.8, 4) is 0 Å². The first-order chi connectivity index (χ1) is 18.6. The lowest BCUT2D eigenvalue weighted by Gasteiger charge is -2.34. The normalized spacial score (nSPS) is 14.5. The molecule has 2 atom stereocenters.